The average molecular weight is 263 g/mol. The lowest BCUT2D eigenvalue weighted by Gasteiger charge is -2.12. The molecule has 0 aromatic heterocycles. The van der Waals surface area contributed by atoms with Crippen LogP contribution in [0.3, 0.4) is 0 Å². The molecule has 1 unspecified atom stereocenters. The van der Waals surface area contributed by atoms with Crippen molar-refractivity contribution in [3.05, 3.63) is 29.8 Å². The van der Waals surface area contributed by atoms with Crippen LogP contribution >= 0.6 is 0 Å². The topological polar surface area (TPSA) is 98.2 Å². The van der Waals surface area contributed by atoms with Gasteiger partial charge in [-0.3, -0.25) is 9.59 Å². The molecular formula is C14H21N3O2. The molecule has 0 fully saturated rings. The maximum Gasteiger partial charge on any atom is 0.224 e. The fraction of sp³-hybridized carbons (Fsp3) is 0.429. The molecular weight excluding hydrogens is 242 g/mol. The number of benzene rings is 1. The summed E-state index contributed by atoms with van der Waals surface area (Å²) in [6.07, 6.45) is 1.52. The van der Waals surface area contributed by atoms with Crippen molar-refractivity contribution >= 4 is 17.5 Å². The van der Waals surface area contributed by atoms with E-state index < -0.39 is 0 Å². The second-order valence-corrected chi connectivity index (χ2v) is 4.60. The van der Waals surface area contributed by atoms with Crippen LogP contribution < -0.4 is 16.8 Å². The first-order valence-corrected chi connectivity index (χ1v) is 6.42. The van der Waals surface area contributed by atoms with Crippen molar-refractivity contribution in [2.45, 2.75) is 26.2 Å². The van der Waals surface area contributed by atoms with Crippen molar-refractivity contribution in [2.75, 3.05) is 11.9 Å². The molecule has 2 amide bonds. The summed E-state index contributed by atoms with van der Waals surface area (Å²) in [7, 11) is 0. The Morgan fingerprint density at radius 3 is 2.37 bits per heavy atom. The molecule has 1 aromatic rings. The highest BCUT2D eigenvalue weighted by atomic mass is 16.1. The predicted molar refractivity (Wildman–Crippen MR) is 75.4 cm³/mol. The summed E-state index contributed by atoms with van der Waals surface area (Å²) in [4.78, 5) is 22.5. The van der Waals surface area contributed by atoms with Gasteiger partial charge in [-0.05, 0) is 30.2 Å². The molecule has 104 valence electrons. The minimum absolute atomic E-state index is 0.0417. The lowest BCUT2D eigenvalue weighted by atomic mass is 10.0. The smallest absolute Gasteiger partial charge is 0.224 e. The lowest BCUT2D eigenvalue weighted by molar-refractivity contribution is -0.118. The van der Waals surface area contributed by atoms with Gasteiger partial charge in [-0.15, -0.1) is 0 Å². The first kappa shape index (κ1) is 15.2. The predicted octanol–water partition coefficient (Wildman–Crippen LogP) is 1.03. The second-order valence-electron chi connectivity index (χ2n) is 4.60. The Bertz CT molecular complexity index is 425. The summed E-state index contributed by atoms with van der Waals surface area (Å²) in [6.45, 7) is 2.53. The SMILES string of the molecule is CCC(CN)CC(=O)Nc1ccc(CC(N)=O)cc1. The highest BCUT2D eigenvalue weighted by molar-refractivity contribution is 5.90. The number of hydrogen-bond acceptors (Lipinski definition) is 3. The van der Waals surface area contributed by atoms with E-state index in [4.69, 9.17) is 11.5 Å². The molecule has 0 heterocycles. The first-order valence-electron chi connectivity index (χ1n) is 6.42. The fourth-order valence-electron chi connectivity index (χ4n) is 1.78. The number of amides is 2. The van der Waals surface area contributed by atoms with Crippen LogP contribution in [0.15, 0.2) is 24.3 Å². The molecule has 0 saturated heterocycles. The average Bonchev–Trinajstić information content (AvgIpc) is 2.37. The normalized spacial score (nSPS) is 11.9. The van der Waals surface area contributed by atoms with E-state index in [1.807, 2.05) is 6.92 Å². The number of rotatable bonds is 7. The van der Waals surface area contributed by atoms with E-state index in [1.165, 1.54) is 0 Å². The zero-order valence-corrected chi connectivity index (χ0v) is 11.2. The Labute approximate surface area is 113 Å². The highest BCUT2D eigenvalue weighted by Gasteiger charge is 2.10. The Hall–Kier alpha value is -1.88. The van der Waals surface area contributed by atoms with Crippen LogP contribution in [0.1, 0.15) is 25.3 Å². The molecule has 0 saturated carbocycles. The molecule has 0 aliphatic rings. The molecule has 1 aromatic carbocycles. The molecule has 1 atom stereocenters. The van der Waals surface area contributed by atoms with Gasteiger partial charge in [0.15, 0.2) is 0 Å². The standard InChI is InChI=1S/C14H21N3O2/c1-2-10(9-15)8-14(19)17-12-5-3-11(4-6-12)7-13(16)18/h3-6,10H,2,7-9,15H2,1H3,(H2,16,18)(H,17,19). The first-order chi connectivity index (χ1) is 9.05. The van der Waals surface area contributed by atoms with Gasteiger partial charge in [-0.2, -0.15) is 0 Å². The van der Waals surface area contributed by atoms with Crippen LogP contribution in [0.4, 0.5) is 5.69 Å². The molecule has 0 spiro atoms. The number of carbonyl (C=O) groups excluding carboxylic acids is 2. The van der Waals surface area contributed by atoms with Crippen molar-refractivity contribution in [2.24, 2.45) is 17.4 Å². The third-order valence-corrected chi connectivity index (χ3v) is 3.00. The van der Waals surface area contributed by atoms with Crippen molar-refractivity contribution in [3.63, 3.8) is 0 Å². The molecule has 0 aliphatic heterocycles. The van der Waals surface area contributed by atoms with E-state index in [9.17, 15) is 9.59 Å². The number of nitrogens with one attached hydrogen (secondary N) is 1. The Balaban J connectivity index is 2.53. The largest absolute Gasteiger partial charge is 0.369 e. The van der Waals surface area contributed by atoms with Crippen molar-refractivity contribution < 1.29 is 9.59 Å². The number of nitrogens with two attached hydrogens (primary N) is 2. The molecule has 0 radical (unpaired) electrons. The van der Waals surface area contributed by atoms with Crippen molar-refractivity contribution in [1.29, 1.82) is 0 Å². The quantitative estimate of drug-likeness (QED) is 0.685. The zero-order chi connectivity index (χ0) is 14.3. The van der Waals surface area contributed by atoms with Gasteiger partial charge >= 0.3 is 0 Å². The minimum Gasteiger partial charge on any atom is -0.369 e. The van der Waals surface area contributed by atoms with Gasteiger partial charge < -0.3 is 16.8 Å². The van der Waals surface area contributed by atoms with Crippen LogP contribution in [-0.2, 0) is 16.0 Å². The van der Waals surface area contributed by atoms with Gasteiger partial charge in [0, 0.05) is 12.1 Å². The molecule has 1 rings (SSSR count). The van der Waals surface area contributed by atoms with E-state index in [0.29, 0.717) is 18.7 Å². The van der Waals surface area contributed by atoms with E-state index in [1.54, 1.807) is 24.3 Å². The maximum absolute atomic E-state index is 11.8. The number of hydrogen-bond donors (Lipinski definition) is 3. The zero-order valence-electron chi connectivity index (χ0n) is 11.2. The monoisotopic (exact) mass is 263 g/mol. The maximum atomic E-state index is 11.8. The summed E-state index contributed by atoms with van der Waals surface area (Å²) < 4.78 is 0. The Morgan fingerprint density at radius 2 is 1.89 bits per heavy atom. The van der Waals surface area contributed by atoms with Crippen LogP contribution in [0, 0.1) is 5.92 Å². The minimum atomic E-state index is -0.370. The van der Waals surface area contributed by atoms with Crippen LogP contribution in [0.2, 0.25) is 0 Å². The van der Waals surface area contributed by atoms with E-state index >= 15 is 0 Å². The molecule has 5 nitrogen and oxygen atoms in total. The number of primary amides is 1. The van der Waals surface area contributed by atoms with Crippen LogP contribution in [0.5, 0.6) is 0 Å². The third kappa shape index (κ3) is 5.52. The number of anilines is 1. The lowest BCUT2D eigenvalue weighted by Crippen LogP contribution is -2.21. The van der Waals surface area contributed by atoms with E-state index in [2.05, 4.69) is 5.32 Å². The van der Waals surface area contributed by atoms with E-state index in [-0.39, 0.29) is 24.2 Å². The van der Waals surface area contributed by atoms with Gasteiger partial charge in [-0.25, -0.2) is 0 Å². The molecule has 0 aliphatic carbocycles. The summed E-state index contributed by atoms with van der Waals surface area (Å²) in [6, 6.07) is 7.08. The van der Waals surface area contributed by atoms with E-state index in [0.717, 1.165) is 12.0 Å². The Morgan fingerprint density at radius 1 is 1.26 bits per heavy atom. The fourth-order valence-corrected chi connectivity index (χ4v) is 1.78. The van der Waals surface area contributed by atoms with Crippen LogP contribution in [-0.4, -0.2) is 18.4 Å². The van der Waals surface area contributed by atoms with Gasteiger partial charge in [0.2, 0.25) is 11.8 Å². The van der Waals surface area contributed by atoms with Crippen molar-refractivity contribution in [1.82, 2.24) is 0 Å². The molecule has 0 bridgehead atoms. The summed E-state index contributed by atoms with van der Waals surface area (Å²) in [5.74, 6) is -0.195. The van der Waals surface area contributed by atoms with Gasteiger partial charge in [0.05, 0.1) is 6.42 Å². The van der Waals surface area contributed by atoms with Crippen molar-refractivity contribution in [3.8, 4) is 0 Å². The second kappa shape index (κ2) is 7.53. The number of carbonyl (C=O) groups is 2. The van der Waals surface area contributed by atoms with Gasteiger partial charge in [-0.1, -0.05) is 25.5 Å². The molecule has 5 heteroatoms. The summed E-state index contributed by atoms with van der Waals surface area (Å²) >= 11 is 0. The molecule has 5 N–H and O–H groups in total. The Kier molecular flexibility index (Phi) is 6.02. The summed E-state index contributed by atoms with van der Waals surface area (Å²) in [5, 5.41) is 2.81. The van der Waals surface area contributed by atoms with Crippen LogP contribution in [0.25, 0.3) is 0 Å². The van der Waals surface area contributed by atoms with Gasteiger partial charge in [0.25, 0.3) is 0 Å². The third-order valence-electron chi connectivity index (χ3n) is 3.00. The highest BCUT2D eigenvalue weighted by Crippen LogP contribution is 2.12. The summed E-state index contributed by atoms with van der Waals surface area (Å²) in [5.41, 5.74) is 12.2. The van der Waals surface area contributed by atoms with Gasteiger partial charge in [0.1, 0.15) is 0 Å². The molecule has 19 heavy (non-hydrogen) atoms.